The maximum absolute atomic E-state index is 12.2. The van der Waals surface area contributed by atoms with E-state index in [0.717, 1.165) is 62.1 Å². The highest BCUT2D eigenvalue weighted by Crippen LogP contribution is 2.17. The molecule has 0 saturated carbocycles. The molecule has 1 atom stereocenters. The highest BCUT2D eigenvalue weighted by molar-refractivity contribution is 5.76. The van der Waals surface area contributed by atoms with E-state index in [9.17, 15) is 4.79 Å². The molecule has 0 unspecified atom stereocenters. The molecule has 0 spiro atoms. The number of aromatic nitrogens is 2. The van der Waals surface area contributed by atoms with Gasteiger partial charge in [-0.1, -0.05) is 12.1 Å². The second-order valence-electron chi connectivity index (χ2n) is 6.65. The van der Waals surface area contributed by atoms with Crippen LogP contribution in [0.5, 0.6) is 0 Å². The number of aryl methyl sites for hydroxylation is 1. The van der Waals surface area contributed by atoms with Crippen LogP contribution in [-0.4, -0.2) is 47.1 Å². The van der Waals surface area contributed by atoms with Crippen LogP contribution < -0.4 is 0 Å². The average Bonchev–Trinajstić information content (AvgIpc) is 3.03. The summed E-state index contributed by atoms with van der Waals surface area (Å²) in [5, 5.41) is 0. The van der Waals surface area contributed by atoms with Gasteiger partial charge in [0, 0.05) is 33.0 Å². The number of rotatable bonds is 7. The molecule has 2 heterocycles. The number of para-hydroxylation sites is 2. The van der Waals surface area contributed by atoms with Gasteiger partial charge in [-0.15, -0.1) is 0 Å². The van der Waals surface area contributed by atoms with Crippen molar-refractivity contribution in [2.24, 2.45) is 0 Å². The zero-order chi connectivity index (χ0) is 16.8. The number of carbonyl (C=O) groups is 1. The molecule has 0 bridgehead atoms. The van der Waals surface area contributed by atoms with Crippen molar-refractivity contribution < 1.29 is 9.53 Å². The van der Waals surface area contributed by atoms with Crippen molar-refractivity contribution in [3.05, 3.63) is 30.1 Å². The topological polar surface area (TPSA) is 58.2 Å². The van der Waals surface area contributed by atoms with Gasteiger partial charge in [0.1, 0.15) is 5.82 Å². The van der Waals surface area contributed by atoms with Gasteiger partial charge in [0.2, 0.25) is 5.91 Å². The fourth-order valence-corrected chi connectivity index (χ4v) is 3.24. The summed E-state index contributed by atoms with van der Waals surface area (Å²) < 4.78 is 5.69. The van der Waals surface area contributed by atoms with Crippen molar-refractivity contribution in [2.75, 3.05) is 20.2 Å². The zero-order valence-corrected chi connectivity index (χ0v) is 14.5. The van der Waals surface area contributed by atoms with Crippen LogP contribution in [0.3, 0.4) is 0 Å². The second kappa shape index (κ2) is 8.29. The summed E-state index contributed by atoms with van der Waals surface area (Å²) in [6.45, 7) is 1.62. The lowest BCUT2D eigenvalue weighted by molar-refractivity contribution is -0.131. The van der Waals surface area contributed by atoms with Crippen LogP contribution in [0.1, 0.15) is 44.3 Å². The molecule has 1 aliphatic rings. The third kappa shape index (κ3) is 4.57. The predicted octanol–water partition coefficient (Wildman–Crippen LogP) is 3.30. The Morgan fingerprint density at radius 2 is 2.25 bits per heavy atom. The van der Waals surface area contributed by atoms with E-state index >= 15 is 0 Å². The molecule has 1 aliphatic heterocycles. The summed E-state index contributed by atoms with van der Waals surface area (Å²) in [5.41, 5.74) is 2.08. The minimum absolute atomic E-state index is 0.216. The van der Waals surface area contributed by atoms with E-state index in [-0.39, 0.29) is 12.0 Å². The third-order valence-electron chi connectivity index (χ3n) is 4.73. The van der Waals surface area contributed by atoms with E-state index in [2.05, 4.69) is 9.97 Å². The number of benzene rings is 1. The van der Waals surface area contributed by atoms with Crippen LogP contribution in [0.4, 0.5) is 0 Å². The summed E-state index contributed by atoms with van der Waals surface area (Å²) in [6, 6.07) is 8.05. The Bertz CT molecular complexity index is 628. The number of nitrogens with one attached hydrogen (secondary N) is 1. The van der Waals surface area contributed by atoms with Crippen LogP contribution in [0.2, 0.25) is 0 Å². The van der Waals surface area contributed by atoms with Gasteiger partial charge in [-0.3, -0.25) is 4.79 Å². The minimum atomic E-state index is 0.216. The quantitative estimate of drug-likeness (QED) is 0.848. The Hall–Kier alpha value is -1.88. The number of amides is 1. The van der Waals surface area contributed by atoms with Crippen molar-refractivity contribution in [3.63, 3.8) is 0 Å². The lowest BCUT2D eigenvalue weighted by atomic mass is 10.0. The van der Waals surface area contributed by atoms with Gasteiger partial charge < -0.3 is 14.6 Å². The fraction of sp³-hybridized carbons (Fsp3) is 0.579. The van der Waals surface area contributed by atoms with Gasteiger partial charge in [-0.05, 0) is 44.2 Å². The zero-order valence-electron chi connectivity index (χ0n) is 14.5. The van der Waals surface area contributed by atoms with Crippen molar-refractivity contribution >= 4 is 16.9 Å². The van der Waals surface area contributed by atoms with E-state index in [4.69, 9.17) is 4.74 Å². The van der Waals surface area contributed by atoms with Crippen LogP contribution >= 0.6 is 0 Å². The maximum Gasteiger partial charge on any atom is 0.222 e. The van der Waals surface area contributed by atoms with Gasteiger partial charge in [0.05, 0.1) is 17.1 Å². The largest absolute Gasteiger partial charge is 0.378 e. The molecule has 1 amide bonds. The monoisotopic (exact) mass is 329 g/mol. The molecule has 1 saturated heterocycles. The molecule has 1 aromatic carbocycles. The number of hydrogen-bond acceptors (Lipinski definition) is 3. The molecule has 24 heavy (non-hydrogen) atoms. The van der Waals surface area contributed by atoms with Gasteiger partial charge in [-0.2, -0.15) is 0 Å². The van der Waals surface area contributed by atoms with E-state index in [1.54, 1.807) is 0 Å². The number of carbonyl (C=O) groups excluding carboxylic acids is 1. The molecular weight excluding hydrogens is 302 g/mol. The molecule has 1 N–H and O–H groups in total. The number of aromatic amines is 1. The molecule has 5 nitrogen and oxygen atoms in total. The first kappa shape index (κ1) is 17.0. The van der Waals surface area contributed by atoms with Gasteiger partial charge >= 0.3 is 0 Å². The Balaban J connectivity index is 1.38. The Morgan fingerprint density at radius 3 is 3.04 bits per heavy atom. The summed E-state index contributed by atoms with van der Waals surface area (Å²) in [6.07, 6.45) is 6.99. The normalized spacial score (nSPS) is 18.0. The lowest BCUT2D eigenvalue weighted by Crippen LogP contribution is -2.29. The summed E-state index contributed by atoms with van der Waals surface area (Å²) >= 11 is 0. The molecule has 3 rings (SSSR count). The second-order valence-corrected chi connectivity index (χ2v) is 6.65. The lowest BCUT2D eigenvalue weighted by Gasteiger charge is -2.23. The molecule has 1 aromatic heterocycles. The van der Waals surface area contributed by atoms with E-state index in [1.807, 2.05) is 36.2 Å². The number of H-pyrrole nitrogens is 1. The van der Waals surface area contributed by atoms with Crippen LogP contribution in [0.15, 0.2) is 24.3 Å². The summed E-state index contributed by atoms with van der Waals surface area (Å²) in [7, 11) is 1.89. The average molecular weight is 329 g/mol. The van der Waals surface area contributed by atoms with Crippen molar-refractivity contribution in [2.45, 2.75) is 51.0 Å². The highest BCUT2D eigenvalue weighted by Gasteiger charge is 2.17. The SMILES string of the molecule is CN(CCCc1nc2ccccc2[nH]1)C(=O)CC[C@@H]1CCCCO1. The molecule has 0 aliphatic carbocycles. The number of ether oxygens (including phenoxy) is 1. The molecule has 2 aromatic rings. The van der Waals surface area contributed by atoms with E-state index < -0.39 is 0 Å². The first-order valence-electron chi connectivity index (χ1n) is 9.01. The third-order valence-corrected chi connectivity index (χ3v) is 4.73. The van der Waals surface area contributed by atoms with Crippen molar-refractivity contribution in [1.82, 2.24) is 14.9 Å². The van der Waals surface area contributed by atoms with Crippen LogP contribution in [-0.2, 0) is 16.0 Å². The van der Waals surface area contributed by atoms with Crippen molar-refractivity contribution in [3.8, 4) is 0 Å². The van der Waals surface area contributed by atoms with Gasteiger partial charge in [-0.25, -0.2) is 4.98 Å². The van der Waals surface area contributed by atoms with Crippen LogP contribution in [0, 0.1) is 0 Å². The predicted molar refractivity (Wildman–Crippen MR) is 94.9 cm³/mol. The first-order valence-corrected chi connectivity index (χ1v) is 9.01. The van der Waals surface area contributed by atoms with Gasteiger partial charge in [0.15, 0.2) is 0 Å². The van der Waals surface area contributed by atoms with Crippen LogP contribution in [0.25, 0.3) is 11.0 Å². The smallest absolute Gasteiger partial charge is 0.222 e. The Labute approximate surface area is 143 Å². The Morgan fingerprint density at radius 1 is 1.38 bits per heavy atom. The maximum atomic E-state index is 12.2. The van der Waals surface area contributed by atoms with E-state index in [1.165, 1.54) is 6.42 Å². The number of nitrogens with zero attached hydrogens (tertiary/aromatic N) is 2. The van der Waals surface area contributed by atoms with Gasteiger partial charge in [0.25, 0.3) is 0 Å². The van der Waals surface area contributed by atoms with Crippen molar-refractivity contribution in [1.29, 1.82) is 0 Å². The number of fused-ring (bicyclic) bond motifs is 1. The molecule has 5 heteroatoms. The molecule has 1 fully saturated rings. The number of imidazole rings is 1. The fourth-order valence-electron chi connectivity index (χ4n) is 3.24. The summed E-state index contributed by atoms with van der Waals surface area (Å²) in [4.78, 5) is 22.0. The first-order chi connectivity index (χ1) is 11.7. The molecule has 130 valence electrons. The minimum Gasteiger partial charge on any atom is -0.378 e. The number of hydrogen-bond donors (Lipinski definition) is 1. The highest BCUT2D eigenvalue weighted by atomic mass is 16.5. The Kier molecular flexibility index (Phi) is 5.86. The van der Waals surface area contributed by atoms with E-state index in [0.29, 0.717) is 6.42 Å². The molecular formula is C19H27N3O2. The summed E-state index contributed by atoms with van der Waals surface area (Å²) in [5.74, 6) is 1.21. The molecule has 0 radical (unpaired) electrons. The standard InChI is InChI=1S/C19H27N3O2/c1-22(19(23)12-11-15-7-4-5-14-24-15)13-6-10-18-20-16-8-2-3-9-17(16)21-18/h2-3,8-9,15H,4-7,10-14H2,1H3,(H,20,21)/t15-/m0/s1.